The van der Waals surface area contributed by atoms with Gasteiger partial charge in [0.2, 0.25) is 17.7 Å². The molecule has 2 aromatic carbocycles. The number of nitrogens with zero attached hydrogens (tertiary/aromatic N) is 1. The van der Waals surface area contributed by atoms with Crippen LogP contribution in [0.5, 0.6) is 5.75 Å². The Morgan fingerprint density at radius 3 is 2.66 bits per heavy atom. The van der Waals surface area contributed by atoms with Gasteiger partial charge >= 0.3 is 6.18 Å². The highest BCUT2D eigenvalue weighted by Gasteiger charge is 2.32. The Kier molecular flexibility index (Phi) is 11.1. The number of primary amides is 1. The van der Waals surface area contributed by atoms with E-state index in [2.05, 4.69) is 10.6 Å². The highest BCUT2D eigenvalue weighted by Crippen LogP contribution is 2.29. The summed E-state index contributed by atoms with van der Waals surface area (Å²) in [5.41, 5.74) is 5.28. The van der Waals surface area contributed by atoms with E-state index in [1.54, 1.807) is 6.07 Å². The minimum Gasteiger partial charge on any atom is -0.491 e. The first-order valence-corrected chi connectivity index (χ1v) is 13.2. The number of aliphatic hydroxyl groups excluding tert-OH is 1. The Hall–Kier alpha value is -3.71. The molecule has 2 bridgehead atoms. The molecule has 1 unspecified atom stereocenters. The van der Waals surface area contributed by atoms with Crippen molar-refractivity contribution >= 4 is 17.7 Å². The molecule has 0 aliphatic carbocycles. The minimum atomic E-state index is -4.50. The van der Waals surface area contributed by atoms with Crippen LogP contribution in [0.15, 0.2) is 42.5 Å². The molecule has 2 aromatic rings. The summed E-state index contributed by atoms with van der Waals surface area (Å²) in [5, 5.41) is 16.5. The maximum absolute atomic E-state index is 14.7. The molecular weight excluding hydrogens is 548 g/mol. The number of rotatable bonds is 7. The number of hydrogen-bond acceptors (Lipinski definition) is 6. The number of halogens is 4. The van der Waals surface area contributed by atoms with E-state index in [0.717, 1.165) is 17.0 Å². The van der Waals surface area contributed by atoms with Crippen LogP contribution >= 0.6 is 0 Å². The summed E-state index contributed by atoms with van der Waals surface area (Å²) in [6.45, 7) is 0.00131. The van der Waals surface area contributed by atoms with Gasteiger partial charge in [-0.15, -0.1) is 0 Å². The molecule has 0 saturated heterocycles. The van der Waals surface area contributed by atoms with Crippen LogP contribution in [0.2, 0.25) is 0 Å². The number of carbonyl (C=O) groups excluding carboxylic acids is 3. The first-order chi connectivity index (χ1) is 19.3. The van der Waals surface area contributed by atoms with Crippen molar-refractivity contribution in [2.45, 2.75) is 63.0 Å². The van der Waals surface area contributed by atoms with Crippen molar-refractivity contribution in [1.82, 2.24) is 15.5 Å². The fourth-order valence-corrected chi connectivity index (χ4v) is 4.48. The van der Waals surface area contributed by atoms with Crippen molar-refractivity contribution in [3.63, 3.8) is 0 Å². The third-order valence-corrected chi connectivity index (χ3v) is 6.78. The Labute approximate surface area is 235 Å². The fourth-order valence-electron chi connectivity index (χ4n) is 4.48. The average Bonchev–Trinajstić information content (AvgIpc) is 2.90. The number of alkyl halides is 3. The molecule has 3 atom stereocenters. The molecule has 2 heterocycles. The molecule has 4 rings (SSSR count). The molecule has 9 nitrogen and oxygen atoms in total. The van der Waals surface area contributed by atoms with E-state index < -0.39 is 59.9 Å². The maximum Gasteiger partial charge on any atom is 0.416 e. The second kappa shape index (κ2) is 14.3. The van der Waals surface area contributed by atoms with Crippen LogP contribution in [0.1, 0.15) is 42.4 Å². The third kappa shape index (κ3) is 9.42. The molecule has 5 N–H and O–H groups in total. The summed E-state index contributed by atoms with van der Waals surface area (Å²) in [7, 11) is 1.38. The number of carbonyl (C=O) groups is 3. The predicted octanol–water partition coefficient (Wildman–Crippen LogP) is 2.29. The third-order valence-electron chi connectivity index (χ3n) is 6.78. The van der Waals surface area contributed by atoms with Gasteiger partial charge in [0.05, 0.1) is 30.7 Å². The lowest BCUT2D eigenvalue weighted by Crippen LogP contribution is -2.55. The zero-order valence-electron chi connectivity index (χ0n) is 22.5. The number of ether oxygens (including phenoxy) is 1. The van der Waals surface area contributed by atoms with E-state index in [1.165, 1.54) is 31.3 Å². The van der Waals surface area contributed by atoms with Crippen LogP contribution in [-0.4, -0.2) is 66.1 Å². The first kappa shape index (κ1) is 31.8. The Morgan fingerprint density at radius 1 is 1.22 bits per heavy atom. The standard InChI is InChI=1S/C28H34F4N4O5/c1-36-22(14-25(33)38)27(40)35-21(23(37)16-34-15-18-5-4-6-19(11-18)28(30,31)32)13-17-8-9-24(20(29)12-17)41-10-3-2-7-26(36)39/h4-6,8-9,11-12,21-23,34,37H,2-3,7,10,13-16H2,1H3,(H2,33,38)(H,35,40)/t21-,22?,23+/m0/s1. The molecule has 0 spiro atoms. The smallest absolute Gasteiger partial charge is 0.416 e. The largest absolute Gasteiger partial charge is 0.491 e. The van der Waals surface area contributed by atoms with Crippen LogP contribution in [0.4, 0.5) is 17.6 Å². The highest BCUT2D eigenvalue weighted by atomic mass is 19.4. The molecule has 0 aromatic heterocycles. The normalized spacial score (nSPS) is 19.9. The van der Waals surface area contributed by atoms with Crippen molar-refractivity contribution in [1.29, 1.82) is 0 Å². The van der Waals surface area contributed by atoms with E-state index in [-0.39, 0.29) is 38.3 Å². The van der Waals surface area contributed by atoms with Gasteiger partial charge in [0, 0.05) is 26.6 Å². The van der Waals surface area contributed by atoms with Crippen LogP contribution < -0.4 is 21.1 Å². The second-order valence-electron chi connectivity index (χ2n) is 9.98. The van der Waals surface area contributed by atoms with Crippen LogP contribution in [0, 0.1) is 5.82 Å². The molecule has 3 amide bonds. The average molecular weight is 583 g/mol. The summed E-state index contributed by atoms with van der Waals surface area (Å²) >= 11 is 0. The molecule has 2 aliphatic rings. The molecule has 41 heavy (non-hydrogen) atoms. The lowest BCUT2D eigenvalue weighted by molar-refractivity contribution is -0.141. The van der Waals surface area contributed by atoms with Crippen molar-refractivity contribution in [2.75, 3.05) is 20.2 Å². The quantitative estimate of drug-likeness (QED) is 0.371. The first-order valence-electron chi connectivity index (χ1n) is 13.2. The number of nitrogens with one attached hydrogen (secondary N) is 2. The fraction of sp³-hybridized carbons (Fsp3) is 0.464. The van der Waals surface area contributed by atoms with E-state index >= 15 is 0 Å². The Balaban J connectivity index is 1.82. The van der Waals surface area contributed by atoms with Crippen molar-refractivity contribution in [3.8, 4) is 5.75 Å². The van der Waals surface area contributed by atoms with Gasteiger partial charge in [-0.25, -0.2) is 4.39 Å². The summed E-state index contributed by atoms with van der Waals surface area (Å²) in [6, 6.07) is 6.66. The molecule has 0 fully saturated rings. The number of likely N-dealkylation sites (N-methyl/N-ethyl adjacent to an activating group) is 1. The van der Waals surface area contributed by atoms with Gasteiger partial charge in [-0.3, -0.25) is 14.4 Å². The molecule has 0 saturated carbocycles. The van der Waals surface area contributed by atoms with Gasteiger partial charge in [0.25, 0.3) is 0 Å². The molecule has 13 heteroatoms. The minimum absolute atomic E-state index is 0.0101. The van der Waals surface area contributed by atoms with E-state index in [0.29, 0.717) is 24.0 Å². The van der Waals surface area contributed by atoms with Crippen molar-refractivity contribution in [3.05, 3.63) is 65.0 Å². The van der Waals surface area contributed by atoms with Gasteiger partial charge < -0.3 is 31.1 Å². The topological polar surface area (TPSA) is 134 Å². The maximum atomic E-state index is 14.7. The number of nitrogens with two attached hydrogens (primary N) is 1. The van der Waals surface area contributed by atoms with Gasteiger partial charge in [0.15, 0.2) is 11.6 Å². The lowest BCUT2D eigenvalue weighted by atomic mass is 9.99. The SMILES string of the molecule is CN1C(=O)CCCCOc2ccc(cc2F)C[C@@H]([C@H](O)CNCc2cccc(C(F)(F)F)c2)NC(=O)C1CC(N)=O. The molecular formula is C28H34F4N4O5. The van der Waals surface area contributed by atoms with Crippen molar-refractivity contribution < 1.29 is 41.8 Å². The van der Waals surface area contributed by atoms with Gasteiger partial charge in [0.1, 0.15) is 6.04 Å². The lowest BCUT2D eigenvalue weighted by Gasteiger charge is -2.31. The van der Waals surface area contributed by atoms with Crippen molar-refractivity contribution in [2.24, 2.45) is 5.73 Å². The number of aliphatic hydroxyl groups is 1. The zero-order valence-corrected chi connectivity index (χ0v) is 22.5. The van der Waals surface area contributed by atoms with Gasteiger partial charge in [-0.2, -0.15) is 13.2 Å². The monoisotopic (exact) mass is 582 g/mol. The second-order valence-corrected chi connectivity index (χ2v) is 9.98. The Bertz CT molecular complexity index is 1230. The van der Waals surface area contributed by atoms with Crippen LogP contribution in [0.3, 0.4) is 0 Å². The zero-order chi connectivity index (χ0) is 30.2. The number of amides is 3. The van der Waals surface area contributed by atoms with Gasteiger partial charge in [-0.1, -0.05) is 24.3 Å². The van der Waals surface area contributed by atoms with E-state index in [4.69, 9.17) is 10.5 Å². The predicted molar refractivity (Wildman–Crippen MR) is 141 cm³/mol. The molecule has 224 valence electrons. The summed E-state index contributed by atoms with van der Waals surface area (Å²) in [4.78, 5) is 38.9. The summed E-state index contributed by atoms with van der Waals surface area (Å²) in [5.74, 6) is -2.58. The molecule has 2 aliphatic heterocycles. The van der Waals surface area contributed by atoms with Crippen LogP contribution in [-0.2, 0) is 33.5 Å². The van der Waals surface area contributed by atoms with Crippen LogP contribution in [0.25, 0.3) is 0 Å². The van der Waals surface area contributed by atoms with E-state index in [1.807, 2.05) is 0 Å². The number of benzene rings is 2. The highest BCUT2D eigenvalue weighted by molar-refractivity contribution is 5.91. The summed E-state index contributed by atoms with van der Waals surface area (Å²) in [6.07, 6.45) is -5.40. The van der Waals surface area contributed by atoms with Gasteiger partial charge in [-0.05, 0) is 48.6 Å². The number of fused-ring (bicyclic) bond motifs is 13. The molecule has 0 radical (unpaired) electrons. The van der Waals surface area contributed by atoms with E-state index in [9.17, 15) is 37.1 Å². The number of hydrogen-bond donors (Lipinski definition) is 4. The summed E-state index contributed by atoms with van der Waals surface area (Å²) < 4.78 is 59.3. The Morgan fingerprint density at radius 2 is 1.98 bits per heavy atom.